The summed E-state index contributed by atoms with van der Waals surface area (Å²) in [5, 5.41) is 3.58. The van der Waals surface area contributed by atoms with E-state index in [-0.39, 0.29) is 10.7 Å². The van der Waals surface area contributed by atoms with Crippen molar-refractivity contribution >= 4 is 34.5 Å². The number of amides is 1. The van der Waals surface area contributed by atoms with Crippen LogP contribution in [0.15, 0.2) is 54.7 Å². The first-order valence-corrected chi connectivity index (χ1v) is 11.2. The number of hydrogen-bond acceptors (Lipinski definition) is 5. The van der Waals surface area contributed by atoms with Crippen molar-refractivity contribution in [3.63, 3.8) is 0 Å². The van der Waals surface area contributed by atoms with Crippen molar-refractivity contribution < 1.29 is 13.6 Å². The molecule has 2 heterocycles. The number of nitrogens with one attached hydrogen (secondary N) is 1. The molecule has 0 fully saturated rings. The maximum atomic E-state index is 14.0. The van der Waals surface area contributed by atoms with Gasteiger partial charge >= 0.3 is 0 Å². The summed E-state index contributed by atoms with van der Waals surface area (Å²) in [6.45, 7) is 6.18. The van der Waals surface area contributed by atoms with Gasteiger partial charge in [-0.25, -0.2) is 23.7 Å². The lowest BCUT2D eigenvalue weighted by atomic mass is 9.98. The molecule has 0 radical (unpaired) electrons. The van der Waals surface area contributed by atoms with Crippen LogP contribution >= 0.6 is 22.9 Å². The van der Waals surface area contributed by atoms with Gasteiger partial charge in [-0.15, -0.1) is 11.3 Å². The van der Waals surface area contributed by atoms with Crippen LogP contribution in [0, 0.1) is 11.6 Å². The van der Waals surface area contributed by atoms with Gasteiger partial charge < -0.3 is 5.32 Å². The minimum Gasteiger partial charge on any atom is -0.322 e. The molecule has 4 rings (SSSR count). The van der Waals surface area contributed by atoms with Gasteiger partial charge in [0.2, 0.25) is 5.28 Å². The largest absolute Gasteiger partial charge is 0.322 e. The van der Waals surface area contributed by atoms with E-state index >= 15 is 0 Å². The lowest BCUT2D eigenvalue weighted by molar-refractivity contribution is 0.101. The minimum absolute atomic E-state index is 0.122. The summed E-state index contributed by atoms with van der Waals surface area (Å²) in [7, 11) is 0. The van der Waals surface area contributed by atoms with E-state index in [1.54, 1.807) is 30.5 Å². The van der Waals surface area contributed by atoms with Crippen molar-refractivity contribution in [2.24, 2.45) is 0 Å². The second-order valence-electron chi connectivity index (χ2n) is 8.29. The van der Waals surface area contributed by atoms with Crippen LogP contribution in [0.4, 0.5) is 14.5 Å². The molecule has 9 heteroatoms. The second kappa shape index (κ2) is 8.96. The van der Waals surface area contributed by atoms with Gasteiger partial charge in [0, 0.05) is 22.9 Å². The van der Waals surface area contributed by atoms with Gasteiger partial charge in [0.15, 0.2) is 0 Å². The number of halogens is 3. The average Bonchev–Trinajstić information content (AvgIpc) is 3.20. The third kappa shape index (κ3) is 4.91. The summed E-state index contributed by atoms with van der Waals surface area (Å²) in [6.07, 6.45) is 1.57. The van der Waals surface area contributed by atoms with Crippen LogP contribution in [0.2, 0.25) is 5.28 Å². The van der Waals surface area contributed by atoms with E-state index in [9.17, 15) is 13.6 Å². The average molecular weight is 485 g/mol. The number of hydrogen-bond donors (Lipinski definition) is 1. The maximum absolute atomic E-state index is 14.0. The molecule has 0 aliphatic rings. The summed E-state index contributed by atoms with van der Waals surface area (Å²) < 4.78 is 28.0. The predicted molar refractivity (Wildman–Crippen MR) is 127 cm³/mol. The standard InChI is InChI=1S/C24H19ClF2N4OS/c1-24(2,3)22-31-19(20(33-22)17-10-11-28-23(25)30-17)13-6-4-7-14(12-13)29-21(32)18-15(26)8-5-9-16(18)27/h4-12H,1-3H3,(H,29,32). The Hall–Kier alpha value is -3.23. The zero-order valence-electron chi connectivity index (χ0n) is 18.0. The maximum Gasteiger partial charge on any atom is 0.261 e. The van der Waals surface area contributed by atoms with Gasteiger partial charge in [0.05, 0.1) is 21.3 Å². The Kier molecular flexibility index (Phi) is 6.23. The van der Waals surface area contributed by atoms with E-state index in [1.165, 1.54) is 17.4 Å². The molecule has 1 N–H and O–H groups in total. The van der Waals surface area contributed by atoms with Crippen LogP contribution in [0.5, 0.6) is 0 Å². The second-order valence-corrected chi connectivity index (χ2v) is 9.63. The van der Waals surface area contributed by atoms with Crippen LogP contribution in [0.25, 0.3) is 21.8 Å². The van der Waals surface area contributed by atoms with Crippen molar-refractivity contribution in [1.29, 1.82) is 0 Å². The number of aromatic nitrogens is 3. The van der Waals surface area contributed by atoms with Gasteiger partial charge in [0.25, 0.3) is 5.91 Å². The van der Waals surface area contributed by atoms with Gasteiger partial charge in [0.1, 0.15) is 17.2 Å². The molecule has 0 aliphatic heterocycles. The topological polar surface area (TPSA) is 67.8 Å². The summed E-state index contributed by atoms with van der Waals surface area (Å²) in [4.78, 5) is 26.4. The molecular formula is C24H19ClF2N4OS. The number of anilines is 1. The first-order chi connectivity index (χ1) is 15.6. The molecule has 0 atom stereocenters. The smallest absolute Gasteiger partial charge is 0.261 e. The molecule has 0 spiro atoms. The highest BCUT2D eigenvalue weighted by Gasteiger charge is 2.24. The molecule has 2 aromatic heterocycles. The van der Waals surface area contributed by atoms with E-state index in [0.717, 1.165) is 22.0 Å². The van der Waals surface area contributed by atoms with Gasteiger partial charge in [-0.05, 0) is 41.9 Å². The van der Waals surface area contributed by atoms with E-state index in [1.807, 2.05) is 6.07 Å². The lowest BCUT2D eigenvalue weighted by Gasteiger charge is -2.13. The van der Waals surface area contributed by atoms with Crippen LogP contribution in [-0.2, 0) is 5.41 Å². The summed E-state index contributed by atoms with van der Waals surface area (Å²) in [6, 6.07) is 11.9. The fourth-order valence-corrected chi connectivity index (χ4v) is 4.39. The van der Waals surface area contributed by atoms with E-state index < -0.39 is 23.1 Å². The quantitative estimate of drug-likeness (QED) is 0.325. The molecule has 2 aromatic carbocycles. The zero-order chi connectivity index (χ0) is 23.8. The Morgan fingerprint density at radius 1 is 1.03 bits per heavy atom. The Bertz CT molecular complexity index is 1330. The number of rotatable bonds is 4. The van der Waals surface area contributed by atoms with Crippen LogP contribution in [0.3, 0.4) is 0 Å². The number of thiazole rings is 1. The number of carbonyl (C=O) groups is 1. The Morgan fingerprint density at radius 3 is 2.39 bits per heavy atom. The summed E-state index contributed by atoms with van der Waals surface area (Å²) in [5.74, 6) is -2.74. The van der Waals surface area contributed by atoms with Crippen molar-refractivity contribution in [2.45, 2.75) is 26.2 Å². The van der Waals surface area contributed by atoms with Crippen molar-refractivity contribution in [2.75, 3.05) is 5.32 Å². The number of nitrogens with zero attached hydrogens (tertiary/aromatic N) is 3. The molecule has 1 amide bonds. The van der Waals surface area contributed by atoms with E-state index in [2.05, 4.69) is 36.1 Å². The normalized spacial score (nSPS) is 11.5. The van der Waals surface area contributed by atoms with Gasteiger partial charge in [-0.2, -0.15) is 0 Å². The number of benzene rings is 2. The molecule has 0 bridgehead atoms. The summed E-state index contributed by atoms with van der Waals surface area (Å²) in [5.41, 5.74) is 1.52. The first kappa shape index (κ1) is 22.9. The highest BCUT2D eigenvalue weighted by Crippen LogP contribution is 2.40. The molecule has 0 unspecified atom stereocenters. The Morgan fingerprint density at radius 2 is 1.73 bits per heavy atom. The Balaban J connectivity index is 1.75. The van der Waals surface area contributed by atoms with Crippen LogP contribution in [-0.4, -0.2) is 20.9 Å². The van der Waals surface area contributed by atoms with Gasteiger partial charge in [-0.1, -0.05) is 39.0 Å². The molecule has 0 saturated heterocycles. The lowest BCUT2D eigenvalue weighted by Crippen LogP contribution is -2.15. The van der Waals surface area contributed by atoms with Crippen molar-refractivity contribution in [3.05, 3.63) is 82.2 Å². The van der Waals surface area contributed by atoms with Crippen molar-refractivity contribution in [3.8, 4) is 21.8 Å². The minimum atomic E-state index is -0.930. The zero-order valence-corrected chi connectivity index (χ0v) is 19.6. The SMILES string of the molecule is CC(C)(C)c1nc(-c2cccc(NC(=O)c3c(F)cccc3F)c2)c(-c2ccnc(Cl)n2)s1. The number of carbonyl (C=O) groups excluding carboxylic acids is 1. The molecular weight excluding hydrogens is 466 g/mol. The van der Waals surface area contributed by atoms with E-state index in [0.29, 0.717) is 22.6 Å². The third-order valence-corrected chi connectivity index (χ3v) is 6.40. The highest BCUT2D eigenvalue weighted by atomic mass is 35.5. The van der Waals surface area contributed by atoms with Crippen LogP contribution in [0.1, 0.15) is 36.1 Å². The monoisotopic (exact) mass is 484 g/mol. The molecule has 5 nitrogen and oxygen atoms in total. The molecule has 0 saturated carbocycles. The van der Waals surface area contributed by atoms with Gasteiger partial charge in [-0.3, -0.25) is 4.79 Å². The first-order valence-electron chi connectivity index (χ1n) is 9.99. The molecule has 4 aromatic rings. The fourth-order valence-electron chi connectivity index (χ4n) is 3.12. The third-order valence-electron chi connectivity index (χ3n) is 4.71. The Labute approximate surface area is 198 Å². The molecule has 0 aliphatic carbocycles. The van der Waals surface area contributed by atoms with Crippen molar-refractivity contribution in [1.82, 2.24) is 15.0 Å². The van der Waals surface area contributed by atoms with Crippen LogP contribution < -0.4 is 5.32 Å². The molecule has 168 valence electrons. The fraction of sp³-hybridized carbons (Fsp3) is 0.167. The molecule has 33 heavy (non-hydrogen) atoms. The predicted octanol–water partition coefficient (Wildman–Crippen LogP) is 6.75. The van der Waals surface area contributed by atoms with E-state index in [4.69, 9.17) is 16.6 Å². The summed E-state index contributed by atoms with van der Waals surface area (Å²) >= 11 is 7.51. The highest BCUT2D eigenvalue weighted by molar-refractivity contribution is 7.15.